The van der Waals surface area contributed by atoms with Gasteiger partial charge in [-0.15, -0.1) is 0 Å². The van der Waals surface area contributed by atoms with Gasteiger partial charge in [0.2, 0.25) is 0 Å². The van der Waals surface area contributed by atoms with Crippen LogP contribution in [0.2, 0.25) is 10.0 Å². The summed E-state index contributed by atoms with van der Waals surface area (Å²) in [6, 6.07) is 4.73. The number of halogens is 2. The largest absolute Gasteiger partial charge is 0.380 e. The first-order valence-corrected chi connectivity index (χ1v) is 7.88. The summed E-state index contributed by atoms with van der Waals surface area (Å²) in [7, 11) is 0. The van der Waals surface area contributed by atoms with Crippen molar-refractivity contribution >= 4 is 41.1 Å². The summed E-state index contributed by atoms with van der Waals surface area (Å²) >= 11 is 11.8. The molecule has 0 fully saturated rings. The van der Waals surface area contributed by atoms with Crippen LogP contribution in [0.25, 0.3) is 6.08 Å². The Morgan fingerprint density at radius 2 is 2.21 bits per heavy atom. The topological polar surface area (TPSA) is 82.5 Å². The number of aromatic nitrogens is 2. The van der Waals surface area contributed by atoms with E-state index in [-0.39, 0.29) is 5.84 Å². The van der Waals surface area contributed by atoms with Crippen molar-refractivity contribution in [2.75, 3.05) is 0 Å². The second kappa shape index (κ2) is 7.99. The number of aryl methyl sites for hydroxylation is 1. The molecule has 0 amide bonds. The highest BCUT2D eigenvalue weighted by atomic mass is 35.5. The summed E-state index contributed by atoms with van der Waals surface area (Å²) in [6.07, 6.45) is 4.54. The number of benzene rings is 1. The number of carbonyl (C=O) groups is 1. The van der Waals surface area contributed by atoms with Crippen LogP contribution in [0.15, 0.2) is 35.6 Å². The second-order valence-electron chi connectivity index (χ2n) is 4.85. The number of hydrogen-bond donors (Lipinski definition) is 1. The lowest BCUT2D eigenvalue weighted by Gasteiger charge is -2.03. The average molecular weight is 367 g/mol. The maximum Gasteiger partial charge on any atom is 0.358 e. The van der Waals surface area contributed by atoms with Gasteiger partial charge in [-0.25, -0.2) is 4.79 Å². The lowest BCUT2D eigenvalue weighted by Crippen LogP contribution is -2.15. The first kappa shape index (κ1) is 18.0. The van der Waals surface area contributed by atoms with E-state index in [0.717, 1.165) is 17.8 Å². The average Bonchev–Trinajstić information content (AvgIpc) is 2.90. The number of carbonyl (C=O) groups excluding carboxylic acids is 1. The lowest BCUT2D eigenvalue weighted by atomic mass is 10.2. The fourth-order valence-corrected chi connectivity index (χ4v) is 2.48. The van der Waals surface area contributed by atoms with Crippen molar-refractivity contribution in [1.29, 1.82) is 0 Å². The smallest absolute Gasteiger partial charge is 0.358 e. The molecule has 0 aliphatic rings. The number of amidine groups is 1. The highest BCUT2D eigenvalue weighted by Gasteiger charge is 2.07. The Kier molecular flexibility index (Phi) is 6.00. The van der Waals surface area contributed by atoms with Gasteiger partial charge in [0.05, 0.1) is 11.2 Å². The van der Waals surface area contributed by atoms with Gasteiger partial charge in [-0.3, -0.25) is 4.68 Å². The summed E-state index contributed by atoms with van der Waals surface area (Å²) < 4.78 is 1.82. The predicted molar refractivity (Wildman–Crippen MR) is 95.0 cm³/mol. The summed E-state index contributed by atoms with van der Waals surface area (Å²) in [5.74, 6) is -0.680. The van der Waals surface area contributed by atoms with Crippen LogP contribution < -0.4 is 5.73 Å². The third-order valence-corrected chi connectivity index (χ3v) is 3.83. The molecule has 24 heavy (non-hydrogen) atoms. The van der Waals surface area contributed by atoms with E-state index in [0.29, 0.717) is 15.6 Å². The predicted octanol–water partition coefficient (Wildman–Crippen LogP) is 3.40. The first-order chi connectivity index (χ1) is 11.4. The van der Waals surface area contributed by atoms with E-state index in [2.05, 4.69) is 10.3 Å². The van der Waals surface area contributed by atoms with E-state index in [1.807, 2.05) is 18.5 Å². The van der Waals surface area contributed by atoms with Crippen molar-refractivity contribution in [3.8, 4) is 0 Å². The number of oxime groups is 1. The van der Waals surface area contributed by atoms with Crippen LogP contribution in [0.4, 0.5) is 0 Å². The molecule has 0 radical (unpaired) electrons. The molecule has 1 aromatic carbocycles. The molecule has 2 N–H and O–H groups in total. The fourth-order valence-electron chi connectivity index (χ4n) is 1.97. The van der Waals surface area contributed by atoms with Crippen LogP contribution in [0.5, 0.6) is 0 Å². The van der Waals surface area contributed by atoms with Crippen LogP contribution in [-0.2, 0) is 16.2 Å². The minimum atomic E-state index is -0.660. The summed E-state index contributed by atoms with van der Waals surface area (Å²) in [5.41, 5.74) is 7.96. The van der Waals surface area contributed by atoms with Gasteiger partial charge >= 0.3 is 5.97 Å². The maximum absolute atomic E-state index is 11.7. The second-order valence-corrected chi connectivity index (χ2v) is 5.69. The number of rotatable bonds is 5. The highest BCUT2D eigenvalue weighted by Crippen LogP contribution is 2.20. The molecular weight excluding hydrogens is 351 g/mol. The number of nitrogens with zero attached hydrogens (tertiary/aromatic N) is 3. The normalized spacial score (nSPS) is 11.9. The quantitative estimate of drug-likeness (QED) is 0.289. The van der Waals surface area contributed by atoms with Crippen LogP contribution >= 0.6 is 23.2 Å². The van der Waals surface area contributed by atoms with E-state index in [9.17, 15) is 4.79 Å². The molecule has 2 aromatic rings. The molecule has 0 aliphatic carbocycles. The standard InChI is InChI=1S/C16H16Cl2N4O2/c1-3-22-10(2)11(9-20-22)4-7-15(23)24-21-16(19)13-6-5-12(17)8-14(13)18/h4-9H,3H2,1-2H3,(H2,19,21)/b7-4+. The zero-order valence-corrected chi connectivity index (χ0v) is 14.7. The minimum absolute atomic E-state index is 0.0200. The Labute approximate surface area is 149 Å². The highest BCUT2D eigenvalue weighted by molar-refractivity contribution is 6.36. The van der Waals surface area contributed by atoms with Crippen molar-refractivity contribution in [2.24, 2.45) is 10.9 Å². The van der Waals surface area contributed by atoms with Crippen molar-refractivity contribution < 1.29 is 9.63 Å². The Balaban J connectivity index is 2.03. The van der Waals surface area contributed by atoms with E-state index in [4.69, 9.17) is 33.8 Å². The fraction of sp³-hybridized carbons (Fsp3) is 0.188. The third-order valence-electron chi connectivity index (χ3n) is 3.28. The molecule has 6 nitrogen and oxygen atoms in total. The van der Waals surface area contributed by atoms with Crippen molar-refractivity contribution in [1.82, 2.24) is 9.78 Å². The molecule has 0 atom stereocenters. The monoisotopic (exact) mass is 366 g/mol. The van der Waals surface area contributed by atoms with E-state index in [1.54, 1.807) is 24.4 Å². The third kappa shape index (κ3) is 4.37. The van der Waals surface area contributed by atoms with Gasteiger partial charge in [-0.1, -0.05) is 28.4 Å². The van der Waals surface area contributed by atoms with Crippen LogP contribution in [-0.4, -0.2) is 21.6 Å². The van der Waals surface area contributed by atoms with Crippen LogP contribution in [0, 0.1) is 6.92 Å². The Hall–Kier alpha value is -2.31. The van der Waals surface area contributed by atoms with Gasteiger partial charge in [0.1, 0.15) is 0 Å². The van der Waals surface area contributed by atoms with Crippen molar-refractivity contribution in [3.05, 3.63) is 57.3 Å². The molecular formula is C16H16Cl2N4O2. The van der Waals surface area contributed by atoms with Crippen LogP contribution in [0.1, 0.15) is 23.7 Å². The summed E-state index contributed by atoms with van der Waals surface area (Å²) in [4.78, 5) is 16.5. The molecule has 0 unspecified atom stereocenters. The molecule has 1 aromatic heterocycles. The molecule has 126 valence electrons. The number of nitrogens with two attached hydrogens (primary N) is 1. The summed E-state index contributed by atoms with van der Waals surface area (Å²) in [6.45, 7) is 4.66. The molecule has 0 bridgehead atoms. The first-order valence-electron chi connectivity index (χ1n) is 7.12. The van der Waals surface area contributed by atoms with E-state index < -0.39 is 5.97 Å². The molecule has 0 saturated heterocycles. The van der Waals surface area contributed by atoms with Gasteiger partial charge in [0.25, 0.3) is 0 Å². The van der Waals surface area contributed by atoms with Gasteiger partial charge in [0.15, 0.2) is 5.84 Å². The Bertz CT molecular complexity index is 812. The molecule has 0 saturated carbocycles. The molecule has 1 heterocycles. The maximum atomic E-state index is 11.7. The molecule has 2 rings (SSSR count). The van der Waals surface area contributed by atoms with E-state index in [1.165, 1.54) is 12.1 Å². The summed E-state index contributed by atoms with van der Waals surface area (Å²) in [5, 5.41) is 8.56. The van der Waals surface area contributed by atoms with E-state index >= 15 is 0 Å². The minimum Gasteiger partial charge on any atom is -0.380 e. The van der Waals surface area contributed by atoms with Gasteiger partial charge in [-0.05, 0) is 38.1 Å². The van der Waals surface area contributed by atoms with Gasteiger partial charge in [0, 0.05) is 34.5 Å². The van der Waals surface area contributed by atoms with Gasteiger partial charge in [-0.2, -0.15) is 5.10 Å². The van der Waals surface area contributed by atoms with Crippen molar-refractivity contribution in [2.45, 2.75) is 20.4 Å². The van der Waals surface area contributed by atoms with Gasteiger partial charge < -0.3 is 10.6 Å². The SMILES string of the molecule is CCn1ncc(/C=C/C(=O)O/N=C(\N)c2ccc(Cl)cc2Cl)c1C. The molecule has 0 spiro atoms. The Morgan fingerprint density at radius 1 is 1.46 bits per heavy atom. The van der Waals surface area contributed by atoms with Crippen molar-refractivity contribution in [3.63, 3.8) is 0 Å². The lowest BCUT2D eigenvalue weighted by molar-refractivity contribution is -0.137. The Morgan fingerprint density at radius 3 is 2.83 bits per heavy atom. The molecule has 8 heteroatoms. The zero-order valence-electron chi connectivity index (χ0n) is 13.2. The van der Waals surface area contributed by atoms with Crippen LogP contribution in [0.3, 0.4) is 0 Å². The zero-order chi connectivity index (χ0) is 17.7. The molecule has 0 aliphatic heterocycles. The number of hydrogen-bond acceptors (Lipinski definition) is 4.